The summed E-state index contributed by atoms with van der Waals surface area (Å²) in [6, 6.07) is 18.1. The Labute approximate surface area is 177 Å². The minimum absolute atomic E-state index is 0.144. The number of hydrogen-bond acceptors (Lipinski definition) is 5. The maximum absolute atomic E-state index is 12.8. The molecule has 30 heavy (non-hydrogen) atoms. The van der Waals surface area contributed by atoms with Gasteiger partial charge in [-0.1, -0.05) is 36.4 Å². The fourth-order valence-electron chi connectivity index (χ4n) is 3.20. The second-order valence-electron chi connectivity index (χ2n) is 6.63. The minimum Gasteiger partial charge on any atom is -0.496 e. The highest BCUT2D eigenvalue weighted by Gasteiger charge is 2.31. The number of methoxy groups -OCH3 is 1. The summed E-state index contributed by atoms with van der Waals surface area (Å²) in [6.07, 6.45) is 1.82. The lowest BCUT2D eigenvalue weighted by molar-refractivity contribution is -0.121. The van der Waals surface area contributed by atoms with E-state index in [1.165, 1.54) is 28.8 Å². The largest absolute Gasteiger partial charge is 0.496 e. The highest BCUT2D eigenvalue weighted by atomic mass is 32.2. The van der Waals surface area contributed by atoms with Gasteiger partial charge in [-0.3, -0.25) is 9.69 Å². The van der Waals surface area contributed by atoms with Gasteiger partial charge in [-0.15, -0.1) is 0 Å². The highest BCUT2D eigenvalue weighted by molar-refractivity contribution is 8.18. The maximum Gasteiger partial charge on any atom is 0.335 e. The molecular weight excluding hydrogens is 400 g/mol. The molecule has 1 aliphatic rings. The molecular formula is C23H18N2O4S. The van der Waals surface area contributed by atoms with Crippen molar-refractivity contribution in [1.29, 1.82) is 0 Å². The molecule has 1 heterocycles. The lowest BCUT2D eigenvalue weighted by Gasteiger charge is -2.09. The first-order valence-corrected chi connectivity index (χ1v) is 9.95. The summed E-state index contributed by atoms with van der Waals surface area (Å²) in [6.45, 7) is 0. The Morgan fingerprint density at radius 1 is 1.13 bits per heavy atom. The van der Waals surface area contributed by atoms with Crippen LogP contribution in [0.3, 0.4) is 0 Å². The van der Waals surface area contributed by atoms with E-state index in [0.29, 0.717) is 21.5 Å². The average Bonchev–Trinajstić information content (AvgIpc) is 3.02. The van der Waals surface area contributed by atoms with Crippen LogP contribution in [0.5, 0.6) is 5.75 Å². The molecule has 0 unspecified atom stereocenters. The van der Waals surface area contributed by atoms with Crippen LogP contribution in [-0.4, -0.2) is 41.2 Å². The van der Waals surface area contributed by atoms with Crippen molar-refractivity contribution in [2.24, 2.45) is 4.99 Å². The van der Waals surface area contributed by atoms with Crippen LogP contribution in [0.2, 0.25) is 0 Å². The van der Waals surface area contributed by atoms with Crippen LogP contribution < -0.4 is 4.74 Å². The molecule has 7 heteroatoms. The van der Waals surface area contributed by atoms with E-state index in [9.17, 15) is 9.59 Å². The second-order valence-corrected chi connectivity index (χ2v) is 7.64. The van der Waals surface area contributed by atoms with Crippen LogP contribution in [0, 0.1) is 0 Å². The van der Waals surface area contributed by atoms with E-state index in [4.69, 9.17) is 9.84 Å². The fourth-order valence-corrected chi connectivity index (χ4v) is 4.17. The number of amidine groups is 1. The zero-order valence-electron chi connectivity index (χ0n) is 16.3. The Kier molecular flexibility index (Phi) is 5.29. The van der Waals surface area contributed by atoms with E-state index in [0.717, 1.165) is 16.3 Å². The Bertz CT molecular complexity index is 1230. The third-order valence-corrected chi connectivity index (χ3v) is 5.81. The van der Waals surface area contributed by atoms with Crippen molar-refractivity contribution >= 4 is 51.3 Å². The molecule has 0 radical (unpaired) electrons. The van der Waals surface area contributed by atoms with Crippen LogP contribution in [0.4, 0.5) is 5.69 Å². The van der Waals surface area contributed by atoms with Crippen molar-refractivity contribution in [3.63, 3.8) is 0 Å². The minimum atomic E-state index is -1.02. The Hall–Kier alpha value is -3.58. The number of carboxylic acid groups (broad SMARTS) is 1. The number of amides is 1. The summed E-state index contributed by atoms with van der Waals surface area (Å²) in [4.78, 5) is 30.5. The number of hydrogen-bond donors (Lipinski definition) is 1. The number of fused-ring (bicyclic) bond motifs is 1. The fraction of sp³-hybridized carbons (Fsp3) is 0.0870. The topological polar surface area (TPSA) is 79.2 Å². The van der Waals surface area contributed by atoms with Gasteiger partial charge in [0.15, 0.2) is 5.17 Å². The molecule has 4 rings (SSSR count). The predicted octanol–water partition coefficient (Wildman–Crippen LogP) is 4.78. The van der Waals surface area contributed by atoms with Gasteiger partial charge in [-0.05, 0) is 52.9 Å². The van der Waals surface area contributed by atoms with Crippen molar-refractivity contribution in [2.45, 2.75) is 0 Å². The van der Waals surface area contributed by atoms with Crippen LogP contribution in [0.15, 0.2) is 70.6 Å². The van der Waals surface area contributed by atoms with Crippen molar-refractivity contribution in [3.8, 4) is 5.75 Å². The third kappa shape index (κ3) is 3.67. The maximum atomic E-state index is 12.8. The van der Waals surface area contributed by atoms with Crippen molar-refractivity contribution in [1.82, 2.24) is 4.90 Å². The summed E-state index contributed by atoms with van der Waals surface area (Å²) >= 11 is 1.24. The van der Waals surface area contributed by atoms with Gasteiger partial charge >= 0.3 is 5.97 Å². The van der Waals surface area contributed by atoms with Gasteiger partial charge < -0.3 is 9.84 Å². The summed E-state index contributed by atoms with van der Waals surface area (Å²) in [5, 5.41) is 11.7. The first-order chi connectivity index (χ1) is 14.5. The molecule has 1 fully saturated rings. The van der Waals surface area contributed by atoms with Crippen LogP contribution >= 0.6 is 11.8 Å². The molecule has 6 nitrogen and oxygen atoms in total. The summed E-state index contributed by atoms with van der Waals surface area (Å²) in [7, 11) is 3.25. The molecule has 0 bridgehead atoms. The summed E-state index contributed by atoms with van der Waals surface area (Å²) in [5.41, 5.74) is 1.44. The van der Waals surface area contributed by atoms with Crippen LogP contribution in [0.1, 0.15) is 15.9 Å². The van der Waals surface area contributed by atoms with E-state index in [-0.39, 0.29) is 11.5 Å². The van der Waals surface area contributed by atoms with Gasteiger partial charge in [0.1, 0.15) is 5.75 Å². The number of carbonyl (C=O) groups excluding carboxylic acids is 1. The van der Waals surface area contributed by atoms with Gasteiger partial charge in [-0.2, -0.15) is 0 Å². The molecule has 0 aromatic heterocycles. The monoisotopic (exact) mass is 418 g/mol. The van der Waals surface area contributed by atoms with E-state index in [1.54, 1.807) is 26.3 Å². The number of ether oxygens (including phenoxy) is 1. The molecule has 0 spiro atoms. The van der Waals surface area contributed by atoms with E-state index < -0.39 is 5.97 Å². The summed E-state index contributed by atoms with van der Waals surface area (Å²) in [5.74, 6) is -0.524. The lowest BCUT2D eigenvalue weighted by atomic mass is 10.0. The number of likely N-dealkylation sites (N-methyl/N-ethyl adjacent to an activating group) is 1. The standard InChI is InChI=1S/C23H18N2O4S/c1-25-21(26)20(30-23(25)24-16-8-5-7-15(12-16)22(27)28)13-18-17-9-4-3-6-14(17)10-11-19(18)29-2/h3-13H,1-2H3,(H,27,28)/b20-13+,24-23?. The number of thioether (sulfide) groups is 1. The van der Waals surface area contributed by atoms with Gasteiger partial charge in [0.25, 0.3) is 5.91 Å². The summed E-state index contributed by atoms with van der Waals surface area (Å²) < 4.78 is 5.52. The molecule has 1 amide bonds. The molecule has 0 aliphatic carbocycles. The zero-order chi connectivity index (χ0) is 21.3. The van der Waals surface area contributed by atoms with E-state index in [1.807, 2.05) is 42.5 Å². The lowest BCUT2D eigenvalue weighted by Crippen LogP contribution is -2.23. The molecule has 150 valence electrons. The zero-order valence-corrected chi connectivity index (χ0v) is 17.1. The average molecular weight is 418 g/mol. The van der Waals surface area contributed by atoms with Crippen LogP contribution in [-0.2, 0) is 4.79 Å². The molecule has 0 saturated carbocycles. The molecule has 3 aromatic rings. The number of benzene rings is 3. The predicted molar refractivity (Wildman–Crippen MR) is 119 cm³/mol. The second kappa shape index (κ2) is 8.04. The third-order valence-electron chi connectivity index (χ3n) is 4.75. The Morgan fingerprint density at radius 3 is 2.70 bits per heavy atom. The number of carbonyl (C=O) groups is 2. The Balaban J connectivity index is 1.75. The number of carboxylic acids is 1. The first kappa shape index (κ1) is 19.7. The van der Waals surface area contributed by atoms with Crippen molar-refractivity contribution in [3.05, 3.63) is 76.7 Å². The molecule has 1 aliphatic heterocycles. The Morgan fingerprint density at radius 2 is 1.93 bits per heavy atom. The smallest absolute Gasteiger partial charge is 0.335 e. The van der Waals surface area contributed by atoms with Crippen molar-refractivity contribution < 1.29 is 19.4 Å². The van der Waals surface area contributed by atoms with E-state index >= 15 is 0 Å². The SMILES string of the molecule is COc1ccc2ccccc2c1/C=C1/SC(=Nc2cccc(C(=O)O)c2)N(C)C1=O. The van der Waals surface area contributed by atoms with Crippen molar-refractivity contribution in [2.75, 3.05) is 14.2 Å². The number of aromatic carboxylic acids is 1. The number of nitrogens with zero attached hydrogens (tertiary/aromatic N) is 2. The van der Waals surface area contributed by atoms with Crippen LogP contribution in [0.25, 0.3) is 16.8 Å². The van der Waals surface area contributed by atoms with Gasteiger partial charge in [-0.25, -0.2) is 9.79 Å². The molecule has 3 aromatic carbocycles. The number of rotatable bonds is 4. The quantitative estimate of drug-likeness (QED) is 0.617. The highest BCUT2D eigenvalue weighted by Crippen LogP contribution is 2.37. The first-order valence-electron chi connectivity index (χ1n) is 9.13. The van der Waals surface area contributed by atoms with Gasteiger partial charge in [0.05, 0.1) is 23.3 Å². The van der Waals surface area contributed by atoms with E-state index in [2.05, 4.69) is 4.99 Å². The van der Waals surface area contributed by atoms with Gasteiger partial charge in [0, 0.05) is 12.6 Å². The van der Waals surface area contributed by atoms with Gasteiger partial charge in [0.2, 0.25) is 0 Å². The normalized spacial score (nSPS) is 16.6. The number of aliphatic imine (C=N–C) groups is 1. The molecule has 1 N–H and O–H groups in total. The molecule has 0 atom stereocenters. The molecule has 1 saturated heterocycles.